The van der Waals surface area contributed by atoms with Gasteiger partial charge in [-0.15, -0.1) is 0 Å². The zero-order valence-corrected chi connectivity index (χ0v) is 17.6. The third-order valence-electron chi connectivity index (χ3n) is 4.62. The van der Waals surface area contributed by atoms with Gasteiger partial charge in [0.1, 0.15) is 6.23 Å². The molecule has 0 amide bonds. The molecule has 0 spiro atoms. The summed E-state index contributed by atoms with van der Waals surface area (Å²) < 4.78 is 44.9. The topological polar surface area (TPSA) is 35.9 Å². The molecule has 0 aromatic heterocycles. The Morgan fingerprint density at radius 2 is 1.74 bits per heavy atom. The molecule has 7 heteroatoms. The molecule has 0 saturated heterocycles. The Morgan fingerprint density at radius 1 is 1.11 bits per heavy atom. The molecule has 0 aromatic carbocycles. The van der Waals surface area contributed by atoms with Crippen molar-refractivity contribution in [1.82, 2.24) is 9.80 Å². The molecule has 27 heavy (non-hydrogen) atoms. The minimum atomic E-state index is -4.35. The highest BCUT2D eigenvalue weighted by atomic mass is 19.4. The number of aliphatic hydroxyl groups is 1. The number of hydrogen-bond donors (Lipinski definition) is 1. The molecule has 0 aliphatic carbocycles. The minimum absolute atomic E-state index is 0.125. The number of aliphatic hydroxyl groups excluding tert-OH is 1. The van der Waals surface area contributed by atoms with Crippen LogP contribution < -0.4 is 0 Å². The van der Waals surface area contributed by atoms with Crippen LogP contribution in [0.5, 0.6) is 0 Å². The van der Waals surface area contributed by atoms with Gasteiger partial charge in [0.2, 0.25) is 0 Å². The van der Waals surface area contributed by atoms with E-state index in [-0.39, 0.29) is 5.92 Å². The summed E-state index contributed by atoms with van der Waals surface area (Å²) >= 11 is 0. The van der Waals surface area contributed by atoms with Gasteiger partial charge in [-0.25, -0.2) is 0 Å². The van der Waals surface area contributed by atoms with Gasteiger partial charge in [0.15, 0.2) is 0 Å². The molecule has 2 unspecified atom stereocenters. The number of allylic oxidation sites excluding steroid dienone is 3. The third-order valence-corrected chi connectivity index (χ3v) is 4.62. The van der Waals surface area contributed by atoms with Gasteiger partial charge in [-0.05, 0) is 33.4 Å². The summed E-state index contributed by atoms with van der Waals surface area (Å²) in [5.41, 5.74) is -0.622. The van der Waals surface area contributed by atoms with E-state index < -0.39 is 24.1 Å². The van der Waals surface area contributed by atoms with Gasteiger partial charge >= 0.3 is 6.18 Å². The van der Waals surface area contributed by atoms with Gasteiger partial charge in [-0.2, -0.15) is 13.2 Å². The number of rotatable bonds is 13. The molecule has 0 rings (SSSR count). The Kier molecular flexibility index (Phi) is 12.9. The summed E-state index contributed by atoms with van der Waals surface area (Å²) in [6.07, 6.45) is -0.736. The van der Waals surface area contributed by atoms with Gasteiger partial charge in [0, 0.05) is 19.6 Å². The molecule has 0 heterocycles. The molecule has 0 bridgehead atoms. The standard InChI is InChI=1S/C20H37F3N2O2/c1-7-16(3)15-19(20(21,22)23)10-9-17(4)27-14-13-25(8-2)12-11-24(6)18(5)26/h9-10,15-18,26H,7-8,11-14H2,1-6H3/b10-9-,19-15+/t16?,17?,18-/m1/s1. The van der Waals surface area contributed by atoms with Gasteiger partial charge in [-0.1, -0.05) is 45.4 Å². The van der Waals surface area contributed by atoms with Crippen molar-refractivity contribution in [1.29, 1.82) is 0 Å². The van der Waals surface area contributed by atoms with Crippen LogP contribution in [-0.4, -0.2) is 73.2 Å². The summed E-state index contributed by atoms with van der Waals surface area (Å²) in [5, 5.41) is 9.48. The lowest BCUT2D eigenvalue weighted by atomic mass is 10.0. The summed E-state index contributed by atoms with van der Waals surface area (Å²) in [7, 11) is 1.85. The first-order chi connectivity index (χ1) is 12.5. The molecule has 1 N–H and O–H groups in total. The molecule has 0 fully saturated rings. The zero-order chi connectivity index (χ0) is 21.0. The van der Waals surface area contributed by atoms with Crippen LogP contribution in [0.15, 0.2) is 23.8 Å². The maximum Gasteiger partial charge on any atom is 0.416 e. The Hall–Kier alpha value is -0.890. The summed E-state index contributed by atoms with van der Waals surface area (Å²) in [6, 6.07) is 0. The van der Waals surface area contributed by atoms with E-state index in [0.29, 0.717) is 19.6 Å². The fourth-order valence-corrected chi connectivity index (χ4v) is 2.25. The molecule has 0 aromatic rings. The van der Waals surface area contributed by atoms with Crippen LogP contribution in [0.25, 0.3) is 0 Å². The molecule has 0 aliphatic rings. The van der Waals surface area contributed by atoms with Crippen molar-refractivity contribution in [2.24, 2.45) is 5.92 Å². The number of halogens is 3. The lowest BCUT2D eigenvalue weighted by molar-refractivity contribution is -0.0887. The van der Waals surface area contributed by atoms with E-state index in [2.05, 4.69) is 4.90 Å². The first-order valence-corrected chi connectivity index (χ1v) is 9.70. The number of ether oxygens (including phenoxy) is 1. The van der Waals surface area contributed by atoms with Crippen LogP contribution in [0.1, 0.15) is 41.0 Å². The fourth-order valence-electron chi connectivity index (χ4n) is 2.25. The van der Waals surface area contributed by atoms with Crippen LogP contribution in [-0.2, 0) is 4.74 Å². The van der Waals surface area contributed by atoms with Crippen molar-refractivity contribution >= 4 is 0 Å². The Balaban J connectivity index is 4.48. The van der Waals surface area contributed by atoms with Gasteiger partial charge in [-0.3, -0.25) is 4.90 Å². The third kappa shape index (κ3) is 12.2. The van der Waals surface area contributed by atoms with E-state index in [1.54, 1.807) is 20.8 Å². The molecule has 0 saturated carbocycles. The van der Waals surface area contributed by atoms with Crippen LogP contribution in [0.3, 0.4) is 0 Å². The molecular formula is C20H37F3N2O2. The van der Waals surface area contributed by atoms with E-state index in [1.165, 1.54) is 12.2 Å². The first kappa shape index (κ1) is 26.1. The Morgan fingerprint density at radius 3 is 2.22 bits per heavy atom. The maximum absolute atomic E-state index is 13.1. The van der Waals surface area contributed by atoms with Crippen molar-refractivity contribution in [3.8, 4) is 0 Å². The number of nitrogens with zero attached hydrogens (tertiary/aromatic N) is 2. The highest BCUT2D eigenvalue weighted by Gasteiger charge is 2.31. The maximum atomic E-state index is 13.1. The van der Waals surface area contributed by atoms with Crippen molar-refractivity contribution in [2.75, 3.05) is 39.8 Å². The lowest BCUT2D eigenvalue weighted by Gasteiger charge is -2.26. The predicted molar refractivity (Wildman–Crippen MR) is 105 cm³/mol. The van der Waals surface area contributed by atoms with E-state index in [1.807, 2.05) is 25.8 Å². The second kappa shape index (κ2) is 13.3. The number of alkyl halides is 3. The second-order valence-electron chi connectivity index (χ2n) is 6.99. The molecule has 0 radical (unpaired) electrons. The van der Waals surface area contributed by atoms with Crippen LogP contribution in [0.4, 0.5) is 13.2 Å². The second-order valence-corrected chi connectivity index (χ2v) is 6.99. The molecule has 160 valence electrons. The van der Waals surface area contributed by atoms with Crippen molar-refractivity contribution < 1.29 is 23.0 Å². The minimum Gasteiger partial charge on any atom is -0.379 e. The van der Waals surface area contributed by atoms with Gasteiger partial charge < -0.3 is 14.7 Å². The number of likely N-dealkylation sites (N-methyl/N-ethyl adjacent to an activating group) is 2. The fraction of sp³-hybridized carbons (Fsp3) is 0.800. The van der Waals surface area contributed by atoms with E-state index in [9.17, 15) is 18.3 Å². The predicted octanol–water partition coefficient (Wildman–Crippen LogP) is 4.07. The summed E-state index contributed by atoms with van der Waals surface area (Å²) in [6.45, 7) is 12.6. The Bertz CT molecular complexity index is 451. The van der Waals surface area contributed by atoms with E-state index in [4.69, 9.17) is 4.74 Å². The van der Waals surface area contributed by atoms with Crippen LogP contribution in [0.2, 0.25) is 0 Å². The monoisotopic (exact) mass is 394 g/mol. The highest BCUT2D eigenvalue weighted by Crippen LogP contribution is 2.28. The normalized spacial score (nSPS) is 17.1. The van der Waals surface area contributed by atoms with E-state index >= 15 is 0 Å². The first-order valence-electron chi connectivity index (χ1n) is 9.70. The van der Waals surface area contributed by atoms with Crippen molar-refractivity contribution in [3.63, 3.8) is 0 Å². The summed E-state index contributed by atoms with van der Waals surface area (Å²) in [5.74, 6) is -0.125. The smallest absolute Gasteiger partial charge is 0.379 e. The van der Waals surface area contributed by atoms with Gasteiger partial charge in [0.25, 0.3) is 0 Å². The SMILES string of the molecule is CCC(C)/C=C(\C=C/C(C)OCCN(CC)CCN(C)[C@@H](C)O)C(F)(F)F. The van der Waals surface area contributed by atoms with Crippen molar-refractivity contribution in [2.45, 2.75) is 59.5 Å². The molecular weight excluding hydrogens is 357 g/mol. The average molecular weight is 395 g/mol. The van der Waals surface area contributed by atoms with Crippen LogP contribution in [0, 0.1) is 5.92 Å². The zero-order valence-electron chi connectivity index (χ0n) is 17.6. The van der Waals surface area contributed by atoms with E-state index in [0.717, 1.165) is 25.7 Å². The highest BCUT2D eigenvalue weighted by molar-refractivity contribution is 5.25. The molecule has 4 nitrogen and oxygen atoms in total. The Labute approximate surface area is 162 Å². The average Bonchev–Trinajstić information content (AvgIpc) is 2.59. The summed E-state index contributed by atoms with van der Waals surface area (Å²) in [4.78, 5) is 4.02. The molecule has 0 aliphatic heterocycles. The van der Waals surface area contributed by atoms with Gasteiger partial charge in [0.05, 0.1) is 18.3 Å². The lowest BCUT2D eigenvalue weighted by Crippen LogP contribution is -2.38. The van der Waals surface area contributed by atoms with Crippen LogP contribution >= 0.6 is 0 Å². The quantitative estimate of drug-likeness (QED) is 0.377. The number of hydrogen-bond acceptors (Lipinski definition) is 4. The molecule has 3 atom stereocenters. The largest absolute Gasteiger partial charge is 0.416 e. The van der Waals surface area contributed by atoms with Crippen molar-refractivity contribution in [3.05, 3.63) is 23.8 Å².